The first kappa shape index (κ1) is 15.4. The lowest BCUT2D eigenvalue weighted by Crippen LogP contribution is -2.51. The van der Waals surface area contributed by atoms with Crippen LogP contribution < -0.4 is 10.2 Å². The Morgan fingerprint density at radius 1 is 1.38 bits per heavy atom. The van der Waals surface area contributed by atoms with E-state index in [4.69, 9.17) is 11.6 Å². The van der Waals surface area contributed by atoms with Gasteiger partial charge in [-0.05, 0) is 13.0 Å². The summed E-state index contributed by atoms with van der Waals surface area (Å²) < 4.78 is 0. The third-order valence-electron chi connectivity index (χ3n) is 3.38. The number of urea groups is 1. The summed E-state index contributed by atoms with van der Waals surface area (Å²) in [6.45, 7) is 4.97. The zero-order valence-electron chi connectivity index (χ0n) is 11.7. The summed E-state index contributed by atoms with van der Waals surface area (Å²) in [5, 5.41) is 13.8. The van der Waals surface area contributed by atoms with Crippen LogP contribution in [0.5, 0.6) is 0 Å². The van der Waals surface area contributed by atoms with Gasteiger partial charge in [-0.2, -0.15) is 0 Å². The van der Waals surface area contributed by atoms with Crippen LogP contribution in [0.2, 0.25) is 5.02 Å². The van der Waals surface area contributed by atoms with Gasteiger partial charge in [0.05, 0.1) is 15.6 Å². The van der Waals surface area contributed by atoms with Crippen LogP contribution in [0.1, 0.15) is 6.92 Å². The summed E-state index contributed by atoms with van der Waals surface area (Å²) in [4.78, 5) is 25.7. The van der Waals surface area contributed by atoms with Gasteiger partial charge in [0.15, 0.2) is 0 Å². The van der Waals surface area contributed by atoms with E-state index in [1.807, 2.05) is 11.8 Å². The molecule has 21 heavy (non-hydrogen) atoms. The highest BCUT2D eigenvalue weighted by molar-refractivity contribution is 6.33. The average molecular weight is 313 g/mol. The van der Waals surface area contributed by atoms with E-state index < -0.39 is 4.92 Å². The molecule has 1 heterocycles. The van der Waals surface area contributed by atoms with Gasteiger partial charge < -0.3 is 15.1 Å². The van der Waals surface area contributed by atoms with Crippen LogP contribution in [0.15, 0.2) is 18.2 Å². The van der Waals surface area contributed by atoms with Crippen LogP contribution in [0, 0.1) is 10.1 Å². The number of carbonyl (C=O) groups excluding carboxylic acids is 1. The van der Waals surface area contributed by atoms with Gasteiger partial charge in [0.25, 0.3) is 5.69 Å². The predicted octanol–water partition coefficient (Wildman–Crippen LogP) is 2.10. The van der Waals surface area contributed by atoms with E-state index in [-0.39, 0.29) is 11.7 Å². The second-order valence-electron chi connectivity index (χ2n) is 4.70. The molecule has 0 aromatic heterocycles. The molecule has 8 heteroatoms. The van der Waals surface area contributed by atoms with Gasteiger partial charge in [-0.15, -0.1) is 0 Å². The fourth-order valence-electron chi connectivity index (χ4n) is 2.28. The number of hydrogen-bond donors (Lipinski definition) is 1. The summed E-state index contributed by atoms with van der Waals surface area (Å²) in [7, 11) is 0. The number of nitrogens with one attached hydrogen (secondary N) is 1. The molecule has 0 radical (unpaired) electrons. The third-order valence-corrected chi connectivity index (χ3v) is 3.68. The molecule has 1 aliphatic rings. The molecule has 0 aliphatic carbocycles. The first-order chi connectivity index (χ1) is 10.0. The number of benzene rings is 1. The topological polar surface area (TPSA) is 78.7 Å². The molecule has 1 aliphatic heterocycles. The molecule has 0 unspecified atom stereocenters. The molecule has 1 N–H and O–H groups in total. The Bertz CT molecular complexity index is 544. The molecule has 1 aromatic rings. The smallest absolute Gasteiger partial charge is 0.317 e. The molecule has 0 saturated carbocycles. The average Bonchev–Trinajstić information content (AvgIpc) is 2.47. The number of nitro benzene ring substituents is 1. The quantitative estimate of drug-likeness (QED) is 0.685. The molecular formula is C13H17ClN4O3. The maximum atomic E-state index is 11.7. The van der Waals surface area contributed by atoms with Gasteiger partial charge in [-0.25, -0.2) is 4.79 Å². The third kappa shape index (κ3) is 3.55. The summed E-state index contributed by atoms with van der Waals surface area (Å²) in [6.07, 6.45) is 0. The number of piperazine rings is 1. The molecule has 2 amide bonds. The van der Waals surface area contributed by atoms with Crippen molar-refractivity contribution in [1.82, 2.24) is 10.2 Å². The van der Waals surface area contributed by atoms with Crippen LogP contribution in [0.25, 0.3) is 0 Å². The lowest BCUT2D eigenvalue weighted by atomic mass is 10.2. The van der Waals surface area contributed by atoms with E-state index in [0.29, 0.717) is 37.7 Å². The monoisotopic (exact) mass is 312 g/mol. The molecular weight excluding hydrogens is 296 g/mol. The van der Waals surface area contributed by atoms with Crippen LogP contribution >= 0.6 is 11.6 Å². The van der Waals surface area contributed by atoms with Crippen molar-refractivity contribution in [2.45, 2.75) is 6.92 Å². The van der Waals surface area contributed by atoms with Crippen molar-refractivity contribution in [3.05, 3.63) is 33.3 Å². The van der Waals surface area contributed by atoms with Crippen LogP contribution in [0.3, 0.4) is 0 Å². The minimum Gasteiger partial charge on any atom is -0.367 e. The number of hydrogen-bond acceptors (Lipinski definition) is 4. The maximum Gasteiger partial charge on any atom is 0.317 e. The highest BCUT2D eigenvalue weighted by Crippen LogP contribution is 2.30. The molecule has 0 atom stereocenters. The first-order valence-corrected chi connectivity index (χ1v) is 7.12. The molecule has 1 aromatic carbocycles. The Balaban J connectivity index is 2.02. The largest absolute Gasteiger partial charge is 0.367 e. The fraction of sp³-hybridized carbons (Fsp3) is 0.462. The molecule has 0 bridgehead atoms. The molecule has 2 rings (SSSR count). The highest BCUT2D eigenvalue weighted by atomic mass is 35.5. The van der Waals surface area contributed by atoms with Crippen molar-refractivity contribution in [2.24, 2.45) is 0 Å². The Kier molecular flexibility index (Phi) is 4.85. The number of halogens is 1. The van der Waals surface area contributed by atoms with Crippen molar-refractivity contribution < 1.29 is 9.72 Å². The zero-order chi connectivity index (χ0) is 15.4. The number of carbonyl (C=O) groups is 1. The summed E-state index contributed by atoms with van der Waals surface area (Å²) >= 11 is 6.12. The second-order valence-corrected chi connectivity index (χ2v) is 5.11. The van der Waals surface area contributed by atoms with Crippen molar-refractivity contribution in [2.75, 3.05) is 37.6 Å². The molecule has 114 valence electrons. The van der Waals surface area contributed by atoms with Crippen molar-refractivity contribution in [3.63, 3.8) is 0 Å². The molecule has 1 fully saturated rings. The lowest BCUT2D eigenvalue weighted by molar-refractivity contribution is -0.384. The highest BCUT2D eigenvalue weighted by Gasteiger charge is 2.22. The number of rotatable bonds is 3. The van der Waals surface area contributed by atoms with Gasteiger partial charge >= 0.3 is 6.03 Å². The Morgan fingerprint density at radius 2 is 2.05 bits per heavy atom. The number of anilines is 1. The Morgan fingerprint density at radius 3 is 2.57 bits per heavy atom. The number of non-ortho nitro benzene ring substituents is 1. The van der Waals surface area contributed by atoms with E-state index >= 15 is 0 Å². The van der Waals surface area contributed by atoms with E-state index in [9.17, 15) is 14.9 Å². The summed E-state index contributed by atoms with van der Waals surface area (Å²) in [5.41, 5.74) is 0.738. The minimum atomic E-state index is -0.470. The van der Waals surface area contributed by atoms with Crippen molar-refractivity contribution in [3.8, 4) is 0 Å². The van der Waals surface area contributed by atoms with E-state index in [1.54, 1.807) is 11.0 Å². The number of amides is 2. The van der Waals surface area contributed by atoms with Crippen LogP contribution in [-0.4, -0.2) is 48.6 Å². The minimum absolute atomic E-state index is 0.0234. The van der Waals surface area contributed by atoms with Gasteiger partial charge in [0.2, 0.25) is 0 Å². The van der Waals surface area contributed by atoms with Gasteiger partial charge in [-0.1, -0.05) is 11.6 Å². The van der Waals surface area contributed by atoms with Crippen LogP contribution in [-0.2, 0) is 0 Å². The normalized spacial score (nSPS) is 15.0. The fourth-order valence-corrected chi connectivity index (χ4v) is 2.57. The molecule has 0 spiro atoms. The van der Waals surface area contributed by atoms with Crippen LogP contribution in [0.4, 0.5) is 16.2 Å². The van der Waals surface area contributed by atoms with E-state index in [1.165, 1.54) is 12.1 Å². The predicted molar refractivity (Wildman–Crippen MR) is 81.0 cm³/mol. The zero-order valence-corrected chi connectivity index (χ0v) is 12.5. The SMILES string of the molecule is CCNC(=O)N1CCN(c2ccc([N+](=O)[O-])cc2Cl)CC1. The Hall–Kier alpha value is -2.02. The van der Waals surface area contributed by atoms with E-state index in [2.05, 4.69) is 5.32 Å². The van der Waals surface area contributed by atoms with Gasteiger partial charge in [0, 0.05) is 44.9 Å². The van der Waals surface area contributed by atoms with E-state index in [0.717, 1.165) is 5.69 Å². The van der Waals surface area contributed by atoms with Gasteiger partial charge in [-0.3, -0.25) is 10.1 Å². The number of nitrogens with zero attached hydrogens (tertiary/aromatic N) is 3. The second kappa shape index (κ2) is 6.62. The summed E-state index contributed by atoms with van der Waals surface area (Å²) in [5.74, 6) is 0. The first-order valence-electron chi connectivity index (χ1n) is 6.74. The lowest BCUT2D eigenvalue weighted by Gasteiger charge is -2.36. The Labute approximate surface area is 127 Å². The number of nitro groups is 1. The van der Waals surface area contributed by atoms with Crippen molar-refractivity contribution >= 4 is 29.0 Å². The standard InChI is InChI=1S/C13H17ClN4O3/c1-2-15-13(19)17-7-5-16(6-8-17)12-4-3-10(18(20)21)9-11(12)14/h3-4,9H,2,5-8H2,1H3,(H,15,19). The molecule has 1 saturated heterocycles. The van der Waals surface area contributed by atoms with Gasteiger partial charge in [0.1, 0.15) is 0 Å². The maximum absolute atomic E-state index is 11.7. The molecule has 7 nitrogen and oxygen atoms in total. The van der Waals surface area contributed by atoms with Crippen molar-refractivity contribution in [1.29, 1.82) is 0 Å². The summed E-state index contributed by atoms with van der Waals surface area (Å²) in [6, 6.07) is 4.39.